The molecule has 2 aliphatic rings. The fraction of sp³-hybridized carbons (Fsp3) is 0.286. The van der Waals surface area contributed by atoms with Gasteiger partial charge in [-0.2, -0.15) is 0 Å². The molecule has 1 atom stereocenters. The average molecular weight is 432 g/mol. The third-order valence-corrected chi connectivity index (χ3v) is 6.19. The van der Waals surface area contributed by atoms with Crippen LogP contribution in [0.4, 0.5) is 10.5 Å². The van der Waals surface area contributed by atoms with Crippen molar-refractivity contribution in [3.63, 3.8) is 0 Å². The number of hydrogen-bond acceptors (Lipinski definition) is 3. The first-order valence-electron chi connectivity index (χ1n) is 9.29. The van der Waals surface area contributed by atoms with Crippen molar-refractivity contribution in [2.75, 3.05) is 11.9 Å². The molecule has 0 bridgehead atoms. The summed E-state index contributed by atoms with van der Waals surface area (Å²) < 4.78 is 0. The highest BCUT2D eigenvalue weighted by atomic mass is 35.5. The summed E-state index contributed by atoms with van der Waals surface area (Å²) in [5.41, 5.74) is 2.45. The van der Waals surface area contributed by atoms with Crippen molar-refractivity contribution in [2.24, 2.45) is 0 Å². The van der Waals surface area contributed by atoms with Gasteiger partial charge in [0.1, 0.15) is 12.1 Å². The number of halogens is 2. The Morgan fingerprint density at radius 2 is 1.86 bits per heavy atom. The molecule has 1 aliphatic heterocycles. The van der Waals surface area contributed by atoms with E-state index in [0.717, 1.165) is 29.7 Å². The van der Waals surface area contributed by atoms with Gasteiger partial charge in [-0.15, -0.1) is 0 Å². The first kappa shape index (κ1) is 19.7. The fourth-order valence-corrected chi connectivity index (χ4v) is 4.14. The number of nitrogens with zero attached hydrogens (tertiary/aromatic N) is 1. The second kappa shape index (κ2) is 7.35. The number of carbonyl (C=O) groups excluding carboxylic acids is 3. The summed E-state index contributed by atoms with van der Waals surface area (Å²) in [6, 6.07) is 9.93. The van der Waals surface area contributed by atoms with Gasteiger partial charge in [0.15, 0.2) is 0 Å². The lowest BCUT2D eigenvalue weighted by Crippen LogP contribution is -2.42. The van der Waals surface area contributed by atoms with Crippen LogP contribution in [-0.2, 0) is 28.0 Å². The molecule has 2 aromatic carbocycles. The number of imide groups is 1. The van der Waals surface area contributed by atoms with Crippen molar-refractivity contribution in [1.82, 2.24) is 10.2 Å². The van der Waals surface area contributed by atoms with Crippen LogP contribution in [0.5, 0.6) is 0 Å². The van der Waals surface area contributed by atoms with E-state index in [1.165, 1.54) is 17.2 Å². The SMILES string of the molecule is CC1(c2ccc3c(c2)CCC3)NC(=O)N(CC(=O)Nc2ccc(Cl)c(Cl)c2)C1=O. The van der Waals surface area contributed by atoms with E-state index in [4.69, 9.17) is 23.2 Å². The number of rotatable bonds is 4. The van der Waals surface area contributed by atoms with Crippen molar-refractivity contribution in [3.8, 4) is 0 Å². The van der Waals surface area contributed by atoms with E-state index in [1.54, 1.807) is 19.1 Å². The van der Waals surface area contributed by atoms with Crippen LogP contribution in [-0.4, -0.2) is 29.3 Å². The molecule has 0 saturated carbocycles. The van der Waals surface area contributed by atoms with Gasteiger partial charge in [-0.05, 0) is 61.1 Å². The molecule has 1 aliphatic carbocycles. The molecule has 2 N–H and O–H groups in total. The zero-order valence-electron chi connectivity index (χ0n) is 15.7. The Balaban J connectivity index is 1.50. The largest absolute Gasteiger partial charge is 0.325 e. The Morgan fingerprint density at radius 1 is 1.10 bits per heavy atom. The summed E-state index contributed by atoms with van der Waals surface area (Å²) >= 11 is 11.8. The minimum Gasteiger partial charge on any atom is -0.324 e. The molecule has 4 rings (SSSR count). The molecule has 2 aromatic rings. The maximum atomic E-state index is 13.0. The Morgan fingerprint density at radius 3 is 2.62 bits per heavy atom. The van der Waals surface area contributed by atoms with Gasteiger partial charge in [0.05, 0.1) is 10.0 Å². The number of aryl methyl sites for hydroxylation is 2. The normalized spacial score (nSPS) is 20.6. The molecule has 4 amide bonds. The summed E-state index contributed by atoms with van der Waals surface area (Å²) in [6.07, 6.45) is 3.10. The number of amides is 4. The van der Waals surface area contributed by atoms with Crippen LogP contribution in [0, 0.1) is 0 Å². The van der Waals surface area contributed by atoms with Crippen molar-refractivity contribution < 1.29 is 14.4 Å². The second-order valence-corrected chi connectivity index (χ2v) is 8.27. The van der Waals surface area contributed by atoms with Crippen molar-refractivity contribution >= 4 is 46.7 Å². The highest BCUT2D eigenvalue weighted by Crippen LogP contribution is 2.32. The van der Waals surface area contributed by atoms with Gasteiger partial charge in [-0.1, -0.05) is 41.4 Å². The Bertz CT molecular complexity index is 1040. The number of hydrogen-bond donors (Lipinski definition) is 2. The lowest BCUT2D eigenvalue weighted by Gasteiger charge is -2.23. The van der Waals surface area contributed by atoms with Crippen LogP contribution < -0.4 is 10.6 Å². The smallest absolute Gasteiger partial charge is 0.324 e. The topological polar surface area (TPSA) is 78.5 Å². The lowest BCUT2D eigenvalue weighted by molar-refractivity contribution is -0.133. The van der Waals surface area contributed by atoms with Crippen LogP contribution in [0.3, 0.4) is 0 Å². The lowest BCUT2D eigenvalue weighted by atomic mass is 9.89. The molecular formula is C21H19Cl2N3O3. The minimum absolute atomic E-state index is 0.295. The summed E-state index contributed by atoms with van der Waals surface area (Å²) in [7, 11) is 0. The first-order valence-corrected chi connectivity index (χ1v) is 10.0. The number of nitrogens with one attached hydrogen (secondary N) is 2. The van der Waals surface area contributed by atoms with Crippen LogP contribution >= 0.6 is 23.2 Å². The molecule has 1 fully saturated rings. The Labute approximate surface area is 178 Å². The van der Waals surface area contributed by atoms with E-state index in [1.807, 2.05) is 18.2 Å². The van der Waals surface area contributed by atoms with E-state index in [0.29, 0.717) is 15.7 Å². The van der Waals surface area contributed by atoms with Gasteiger partial charge in [-0.25, -0.2) is 4.79 Å². The molecule has 0 spiro atoms. The zero-order chi connectivity index (χ0) is 20.8. The second-order valence-electron chi connectivity index (χ2n) is 7.46. The maximum absolute atomic E-state index is 13.0. The van der Waals surface area contributed by atoms with E-state index < -0.39 is 29.9 Å². The van der Waals surface area contributed by atoms with Crippen LogP contribution in [0.15, 0.2) is 36.4 Å². The third-order valence-electron chi connectivity index (χ3n) is 5.46. The molecule has 1 saturated heterocycles. The van der Waals surface area contributed by atoms with E-state index >= 15 is 0 Å². The quantitative estimate of drug-likeness (QED) is 0.720. The Kier molecular flexibility index (Phi) is 5.00. The Hall–Kier alpha value is -2.57. The third kappa shape index (κ3) is 3.58. The molecular weight excluding hydrogens is 413 g/mol. The summed E-state index contributed by atoms with van der Waals surface area (Å²) in [6.45, 7) is 1.27. The number of carbonyl (C=O) groups is 3. The van der Waals surface area contributed by atoms with E-state index in [9.17, 15) is 14.4 Å². The molecule has 1 heterocycles. The van der Waals surface area contributed by atoms with Gasteiger partial charge in [0, 0.05) is 5.69 Å². The van der Waals surface area contributed by atoms with Gasteiger partial charge in [0.2, 0.25) is 5.91 Å². The standard InChI is InChI=1S/C21H19Cl2N3O3/c1-21(14-6-5-12-3-2-4-13(12)9-14)19(28)26(20(29)25-21)11-18(27)24-15-7-8-16(22)17(23)10-15/h5-10H,2-4,11H2,1H3,(H,24,27)(H,25,29). The summed E-state index contributed by atoms with van der Waals surface area (Å²) in [4.78, 5) is 38.8. The maximum Gasteiger partial charge on any atom is 0.325 e. The van der Waals surface area contributed by atoms with Crippen molar-refractivity contribution in [3.05, 3.63) is 63.1 Å². The first-order chi connectivity index (χ1) is 13.8. The molecule has 150 valence electrons. The summed E-state index contributed by atoms with van der Waals surface area (Å²) in [5, 5.41) is 6.03. The van der Waals surface area contributed by atoms with Gasteiger partial charge < -0.3 is 10.6 Å². The monoisotopic (exact) mass is 431 g/mol. The van der Waals surface area contributed by atoms with Crippen molar-refractivity contribution in [1.29, 1.82) is 0 Å². The minimum atomic E-state index is -1.20. The number of fused-ring (bicyclic) bond motifs is 1. The molecule has 6 nitrogen and oxygen atoms in total. The molecule has 0 radical (unpaired) electrons. The van der Waals surface area contributed by atoms with Gasteiger partial charge in [-0.3, -0.25) is 14.5 Å². The molecule has 29 heavy (non-hydrogen) atoms. The number of benzene rings is 2. The van der Waals surface area contributed by atoms with E-state index in [-0.39, 0.29) is 0 Å². The predicted molar refractivity (Wildman–Crippen MR) is 111 cm³/mol. The number of anilines is 1. The van der Waals surface area contributed by atoms with Gasteiger partial charge in [0.25, 0.3) is 5.91 Å². The average Bonchev–Trinajstić information content (AvgIpc) is 3.23. The highest BCUT2D eigenvalue weighted by Gasteiger charge is 2.49. The number of urea groups is 1. The van der Waals surface area contributed by atoms with Crippen molar-refractivity contribution in [2.45, 2.75) is 31.7 Å². The van der Waals surface area contributed by atoms with Crippen LogP contribution in [0.25, 0.3) is 0 Å². The molecule has 8 heteroatoms. The van der Waals surface area contributed by atoms with Crippen LogP contribution in [0.1, 0.15) is 30.0 Å². The predicted octanol–water partition coefficient (Wildman–Crippen LogP) is 3.89. The van der Waals surface area contributed by atoms with Crippen LogP contribution in [0.2, 0.25) is 10.0 Å². The molecule has 0 aromatic heterocycles. The fourth-order valence-electron chi connectivity index (χ4n) is 3.84. The highest BCUT2D eigenvalue weighted by molar-refractivity contribution is 6.42. The van der Waals surface area contributed by atoms with E-state index in [2.05, 4.69) is 10.6 Å². The molecule has 1 unspecified atom stereocenters. The zero-order valence-corrected chi connectivity index (χ0v) is 17.2. The summed E-state index contributed by atoms with van der Waals surface area (Å²) in [5.74, 6) is -0.963. The van der Waals surface area contributed by atoms with Gasteiger partial charge >= 0.3 is 6.03 Å².